The number of amides is 2. The first-order chi connectivity index (χ1) is 14.2. The van der Waals surface area contributed by atoms with Gasteiger partial charge in [0.1, 0.15) is 6.61 Å². The number of likely N-dealkylation sites (tertiary alicyclic amines) is 1. The summed E-state index contributed by atoms with van der Waals surface area (Å²) in [6, 6.07) is 9.29. The predicted molar refractivity (Wildman–Crippen MR) is 113 cm³/mol. The van der Waals surface area contributed by atoms with Crippen LogP contribution in [0.5, 0.6) is 0 Å². The lowest BCUT2D eigenvalue weighted by molar-refractivity contribution is -0.182. The average Bonchev–Trinajstić information content (AvgIpc) is 2.71. The zero-order valence-electron chi connectivity index (χ0n) is 17.9. The third kappa shape index (κ3) is 4.20. The fourth-order valence-electron chi connectivity index (χ4n) is 4.20. The number of hydrogen-bond donors (Lipinski definition) is 0. The standard InChI is InChI=1S/C22H29NO6Si/c1-27-21(26)23-14-13-17-11-8-12-18(29-30(2,3)4)22(17,19(23)24)20(25)28-15-16-9-6-5-7-10-16/h5-10,12,17-18H,11,13-15H2,1-4H3/t17-,18-,22-/m0/s1. The van der Waals surface area contributed by atoms with Crippen molar-refractivity contribution in [2.45, 2.75) is 45.2 Å². The van der Waals surface area contributed by atoms with Crippen LogP contribution in [0.2, 0.25) is 19.6 Å². The highest BCUT2D eigenvalue weighted by Gasteiger charge is 2.64. The van der Waals surface area contributed by atoms with Crippen molar-refractivity contribution >= 4 is 26.3 Å². The summed E-state index contributed by atoms with van der Waals surface area (Å²) in [6.45, 7) is 6.25. The topological polar surface area (TPSA) is 82.1 Å². The van der Waals surface area contributed by atoms with Crippen molar-refractivity contribution in [3.8, 4) is 0 Å². The minimum absolute atomic E-state index is 0.0447. The van der Waals surface area contributed by atoms with Gasteiger partial charge in [-0.25, -0.2) is 9.69 Å². The summed E-state index contributed by atoms with van der Waals surface area (Å²) >= 11 is 0. The lowest BCUT2D eigenvalue weighted by atomic mass is 9.63. The summed E-state index contributed by atoms with van der Waals surface area (Å²) in [5, 5.41) is 0. The highest BCUT2D eigenvalue weighted by molar-refractivity contribution is 6.69. The maximum Gasteiger partial charge on any atom is 0.416 e. The van der Waals surface area contributed by atoms with Crippen molar-refractivity contribution in [2.24, 2.45) is 11.3 Å². The lowest BCUT2D eigenvalue weighted by Crippen LogP contribution is -2.66. The Bertz CT molecular complexity index is 834. The number of nitrogens with zero attached hydrogens (tertiary/aromatic N) is 1. The van der Waals surface area contributed by atoms with E-state index < -0.39 is 37.8 Å². The van der Waals surface area contributed by atoms with Gasteiger partial charge in [0.25, 0.3) is 5.91 Å². The molecule has 162 valence electrons. The molecule has 3 rings (SSSR count). The first-order valence-corrected chi connectivity index (χ1v) is 13.6. The molecule has 0 unspecified atom stereocenters. The van der Waals surface area contributed by atoms with Crippen LogP contribution in [0.1, 0.15) is 18.4 Å². The van der Waals surface area contributed by atoms with Gasteiger partial charge in [-0.3, -0.25) is 9.59 Å². The molecular weight excluding hydrogens is 402 g/mol. The molecule has 7 nitrogen and oxygen atoms in total. The van der Waals surface area contributed by atoms with Crippen LogP contribution in [-0.4, -0.2) is 50.9 Å². The van der Waals surface area contributed by atoms with E-state index in [0.29, 0.717) is 12.8 Å². The van der Waals surface area contributed by atoms with Crippen LogP contribution in [0.4, 0.5) is 4.79 Å². The zero-order valence-corrected chi connectivity index (χ0v) is 18.9. The summed E-state index contributed by atoms with van der Waals surface area (Å²) in [6.07, 6.45) is 3.21. The number of imide groups is 1. The number of rotatable bonds is 5. The number of esters is 1. The van der Waals surface area contributed by atoms with Crippen LogP contribution < -0.4 is 0 Å². The van der Waals surface area contributed by atoms with E-state index in [4.69, 9.17) is 13.9 Å². The first kappa shape index (κ1) is 22.2. The minimum Gasteiger partial charge on any atom is -0.460 e. The maximum atomic E-state index is 13.7. The molecule has 2 amide bonds. The van der Waals surface area contributed by atoms with Gasteiger partial charge in [0, 0.05) is 6.54 Å². The number of carbonyl (C=O) groups excluding carboxylic acids is 3. The van der Waals surface area contributed by atoms with E-state index in [1.54, 1.807) is 6.08 Å². The highest BCUT2D eigenvalue weighted by Crippen LogP contribution is 2.48. The number of benzene rings is 1. The molecule has 0 radical (unpaired) electrons. The fraction of sp³-hybridized carbons (Fsp3) is 0.500. The third-order valence-electron chi connectivity index (χ3n) is 5.55. The quantitative estimate of drug-likeness (QED) is 0.307. The van der Waals surface area contributed by atoms with Crippen molar-refractivity contribution in [3.05, 3.63) is 48.0 Å². The zero-order chi connectivity index (χ0) is 21.9. The van der Waals surface area contributed by atoms with E-state index in [1.807, 2.05) is 56.0 Å². The van der Waals surface area contributed by atoms with E-state index in [9.17, 15) is 14.4 Å². The molecule has 0 aromatic heterocycles. The molecule has 1 aromatic rings. The smallest absolute Gasteiger partial charge is 0.416 e. The largest absolute Gasteiger partial charge is 0.460 e. The Balaban J connectivity index is 2.00. The first-order valence-electron chi connectivity index (χ1n) is 10.2. The number of carbonyl (C=O) groups is 3. The van der Waals surface area contributed by atoms with E-state index in [0.717, 1.165) is 10.5 Å². The molecule has 1 saturated heterocycles. The van der Waals surface area contributed by atoms with Crippen LogP contribution in [-0.2, 0) is 30.1 Å². The van der Waals surface area contributed by atoms with E-state index in [1.165, 1.54) is 7.11 Å². The molecule has 3 atom stereocenters. The van der Waals surface area contributed by atoms with E-state index in [2.05, 4.69) is 0 Å². The van der Waals surface area contributed by atoms with Crippen molar-refractivity contribution < 1.29 is 28.3 Å². The van der Waals surface area contributed by atoms with Crippen LogP contribution in [0, 0.1) is 11.3 Å². The van der Waals surface area contributed by atoms with Gasteiger partial charge in [0.2, 0.25) is 0 Å². The number of piperidine rings is 1. The Morgan fingerprint density at radius 1 is 1.20 bits per heavy atom. The molecule has 2 aliphatic rings. The number of fused-ring (bicyclic) bond motifs is 1. The molecular formula is C22H29NO6Si. The number of hydrogen-bond acceptors (Lipinski definition) is 6. The van der Waals surface area contributed by atoms with Gasteiger partial charge in [-0.2, -0.15) is 0 Å². The molecule has 1 aliphatic heterocycles. The molecule has 0 N–H and O–H groups in total. The molecule has 1 aliphatic carbocycles. The van der Waals surface area contributed by atoms with Crippen LogP contribution in [0.25, 0.3) is 0 Å². The van der Waals surface area contributed by atoms with Gasteiger partial charge in [-0.1, -0.05) is 42.5 Å². The third-order valence-corrected chi connectivity index (χ3v) is 6.51. The van der Waals surface area contributed by atoms with Gasteiger partial charge in [0.15, 0.2) is 13.7 Å². The van der Waals surface area contributed by atoms with Crippen molar-refractivity contribution in [2.75, 3.05) is 13.7 Å². The summed E-state index contributed by atoms with van der Waals surface area (Å²) in [7, 11) is -0.913. The van der Waals surface area contributed by atoms with E-state index in [-0.39, 0.29) is 19.1 Å². The SMILES string of the molecule is COC(=O)N1CC[C@@H]2CC=C[C@H](O[Si](C)(C)C)[C@]2(C(=O)OCc2ccccc2)C1=O. The molecule has 30 heavy (non-hydrogen) atoms. The molecule has 1 aromatic carbocycles. The second kappa shape index (κ2) is 8.73. The molecule has 0 saturated carbocycles. The van der Waals surface area contributed by atoms with Gasteiger partial charge >= 0.3 is 12.1 Å². The fourth-order valence-corrected chi connectivity index (χ4v) is 5.22. The Morgan fingerprint density at radius 2 is 1.90 bits per heavy atom. The van der Waals surface area contributed by atoms with Crippen LogP contribution in [0.15, 0.2) is 42.5 Å². The number of allylic oxidation sites excluding steroid dienone is 1. The molecule has 0 bridgehead atoms. The van der Waals surface area contributed by atoms with Gasteiger partial charge in [-0.15, -0.1) is 0 Å². The van der Waals surface area contributed by atoms with Gasteiger partial charge < -0.3 is 13.9 Å². The van der Waals surface area contributed by atoms with Crippen molar-refractivity contribution in [1.29, 1.82) is 0 Å². The molecule has 8 heteroatoms. The molecule has 1 heterocycles. The second-order valence-electron chi connectivity index (χ2n) is 8.66. The summed E-state index contributed by atoms with van der Waals surface area (Å²) < 4.78 is 16.8. The van der Waals surface area contributed by atoms with Gasteiger partial charge in [-0.05, 0) is 44.0 Å². The second-order valence-corrected chi connectivity index (χ2v) is 13.1. The van der Waals surface area contributed by atoms with Crippen LogP contribution >= 0.6 is 0 Å². The van der Waals surface area contributed by atoms with Crippen LogP contribution in [0.3, 0.4) is 0 Å². The average molecular weight is 432 g/mol. The predicted octanol–water partition coefficient (Wildman–Crippen LogP) is 3.51. The minimum atomic E-state index is -2.13. The van der Waals surface area contributed by atoms with Gasteiger partial charge in [0.05, 0.1) is 13.2 Å². The molecule has 0 spiro atoms. The molecule has 1 fully saturated rings. The van der Waals surface area contributed by atoms with Crippen molar-refractivity contribution in [1.82, 2.24) is 4.90 Å². The number of ether oxygens (including phenoxy) is 2. The summed E-state index contributed by atoms with van der Waals surface area (Å²) in [5.74, 6) is -1.56. The van der Waals surface area contributed by atoms with Crippen molar-refractivity contribution in [3.63, 3.8) is 0 Å². The Hall–Kier alpha value is -2.45. The Labute approximate surface area is 178 Å². The normalized spacial score (nSPS) is 26.1. The Kier molecular flexibility index (Phi) is 6.47. The van der Waals surface area contributed by atoms with E-state index >= 15 is 0 Å². The maximum absolute atomic E-state index is 13.7. The summed E-state index contributed by atoms with van der Waals surface area (Å²) in [4.78, 5) is 40.5. The highest BCUT2D eigenvalue weighted by atomic mass is 28.4. The monoisotopic (exact) mass is 431 g/mol. The Morgan fingerprint density at radius 3 is 2.53 bits per heavy atom. The lowest BCUT2D eigenvalue weighted by Gasteiger charge is -2.49. The number of methoxy groups -OCH3 is 1. The summed E-state index contributed by atoms with van der Waals surface area (Å²) in [5.41, 5.74) is -0.781.